The van der Waals surface area contributed by atoms with Crippen LogP contribution in [0, 0.1) is 0 Å². The predicted octanol–water partition coefficient (Wildman–Crippen LogP) is 2.73. The molecule has 2 unspecified atom stereocenters. The van der Waals surface area contributed by atoms with E-state index in [0.29, 0.717) is 4.75 Å². The molecule has 0 aromatic rings. The third-order valence-electron chi connectivity index (χ3n) is 4.87. The lowest BCUT2D eigenvalue weighted by Gasteiger charge is -2.37. The monoisotopic (exact) mass is 256 g/mol. The van der Waals surface area contributed by atoms with E-state index < -0.39 is 0 Å². The molecule has 1 aliphatic carbocycles. The summed E-state index contributed by atoms with van der Waals surface area (Å²) in [6.07, 6.45) is 10.7. The largest absolute Gasteiger partial charge is 0.312 e. The SMILES string of the molecule is CSC1(CNC2CCN(C)C(C)C2)CCCC1. The van der Waals surface area contributed by atoms with Gasteiger partial charge in [0.05, 0.1) is 0 Å². The molecule has 0 spiro atoms. The van der Waals surface area contributed by atoms with Crippen LogP contribution in [0.5, 0.6) is 0 Å². The Bertz CT molecular complexity index is 238. The maximum atomic E-state index is 3.86. The number of likely N-dealkylation sites (tertiary alicyclic amines) is 1. The fourth-order valence-electron chi connectivity index (χ4n) is 3.28. The highest BCUT2D eigenvalue weighted by molar-refractivity contribution is 8.00. The minimum atomic E-state index is 0.562. The summed E-state index contributed by atoms with van der Waals surface area (Å²) in [5.41, 5.74) is 0. The van der Waals surface area contributed by atoms with Crippen molar-refractivity contribution in [2.75, 3.05) is 26.4 Å². The van der Waals surface area contributed by atoms with Gasteiger partial charge in [0.25, 0.3) is 0 Å². The number of nitrogens with one attached hydrogen (secondary N) is 1. The Labute approximate surface area is 111 Å². The van der Waals surface area contributed by atoms with Crippen LogP contribution < -0.4 is 5.32 Å². The summed E-state index contributed by atoms with van der Waals surface area (Å²) in [4.78, 5) is 2.48. The van der Waals surface area contributed by atoms with Gasteiger partial charge in [0.2, 0.25) is 0 Å². The maximum absolute atomic E-state index is 3.86. The number of nitrogens with zero attached hydrogens (tertiary/aromatic N) is 1. The van der Waals surface area contributed by atoms with E-state index in [-0.39, 0.29) is 0 Å². The van der Waals surface area contributed by atoms with E-state index in [1.165, 1.54) is 51.6 Å². The average molecular weight is 256 g/mol. The van der Waals surface area contributed by atoms with Crippen LogP contribution >= 0.6 is 11.8 Å². The van der Waals surface area contributed by atoms with E-state index in [1.54, 1.807) is 0 Å². The molecule has 2 fully saturated rings. The second-order valence-corrected chi connectivity index (χ2v) is 7.30. The molecular formula is C14H28N2S. The van der Waals surface area contributed by atoms with Crippen molar-refractivity contribution < 1.29 is 0 Å². The van der Waals surface area contributed by atoms with Crippen molar-refractivity contribution in [2.24, 2.45) is 0 Å². The van der Waals surface area contributed by atoms with Gasteiger partial charge in [-0.3, -0.25) is 0 Å². The minimum Gasteiger partial charge on any atom is -0.312 e. The highest BCUT2D eigenvalue weighted by atomic mass is 32.2. The number of piperidine rings is 1. The molecule has 2 nitrogen and oxygen atoms in total. The molecule has 1 saturated carbocycles. The molecule has 0 radical (unpaired) electrons. The maximum Gasteiger partial charge on any atom is 0.0281 e. The molecule has 17 heavy (non-hydrogen) atoms. The number of thioether (sulfide) groups is 1. The Morgan fingerprint density at radius 1 is 1.35 bits per heavy atom. The van der Waals surface area contributed by atoms with Gasteiger partial charge in [-0.25, -0.2) is 0 Å². The van der Waals surface area contributed by atoms with Crippen molar-refractivity contribution in [2.45, 2.75) is 62.3 Å². The highest BCUT2D eigenvalue weighted by Crippen LogP contribution is 2.39. The molecule has 1 heterocycles. The van der Waals surface area contributed by atoms with Crippen LogP contribution in [0.1, 0.15) is 45.4 Å². The lowest BCUT2D eigenvalue weighted by Crippen LogP contribution is -2.48. The molecule has 2 atom stereocenters. The lowest BCUT2D eigenvalue weighted by atomic mass is 9.98. The molecule has 0 aromatic carbocycles. The van der Waals surface area contributed by atoms with Crippen LogP contribution in [0.25, 0.3) is 0 Å². The fourth-order valence-corrected chi connectivity index (χ4v) is 4.20. The van der Waals surface area contributed by atoms with Crippen molar-refractivity contribution in [3.8, 4) is 0 Å². The third kappa shape index (κ3) is 3.39. The van der Waals surface area contributed by atoms with E-state index >= 15 is 0 Å². The van der Waals surface area contributed by atoms with Gasteiger partial charge in [0, 0.05) is 23.4 Å². The number of rotatable bonds is 4. The quantitative estimate of drug-likeness (QED) is 0.832. The normalized spacial score (nSPS) is 34.1. The Hall–Kier alpha value is 0.270. The van der Waals surface area contributed by atoms with Gasteiger partial charge in [0.15, 0.2) is 0 Å². The average Bonchev–Trinajstić information content (AvgIpc) is 2.80. The zero-order valence-corrected chi connectivity index (χ0v) is 12.5. The molecule has 1 aliphatic heterocycles. The Balaban J connectivity index is 1.78. The number of hydrogen-bond acceptors (Lipinski definition) is 3. The first-order chi connectivity index (χ1) is 8.15. The predicted molar refractivity (Wildman–Crippen MR) is 77.8 cm³/mol. The molecule has 0 amide bonds. The molecule has 0 aromatic heterocycles. The van der Waals surface area contributed by atoms with E-state index in [1.807, 2.05) is 0 Å². The van der Waals surface area contributed by atoms with Crippen molar-refractivity contribution >= 4 is 11.8 Å². The van der Waals surface area contributed by atoms with E-state index in [0.717, 1.165) is 12.1 Å². The zero-order valence-electron chi connectivity index (χ0n) is 11.7. The highest BCUT2D eigenvalue weighted by Gasteiger charge is 2.33. The summed E-state index contributed by atoms with van der Waals surface area (Å²) in [6.45, 7) is 4.84. The minimum absolute atomic E-state index is 0.562. The molecule has 3 heteroatoms. The van der Waals surface area contributed by atoms with Crippen molar-refractivity contribution in [3.63, 3.8) is 0 Å². The standard InChI is InChI=1S/C14H28N2S/c1-12-10-13(6-9-16(12)2)15-11-14(17-3)7-4-5-8-14/h12-13,15H,4-11H2,1-3H3. The van der Waals surface area contributed by atoms with Gasteiger partial charge in [0.1, 0.15) is 0 Å². The molecule has 1 N–H and O–H groups in total. The first kappa shape index (κ1) is 13.7. The molecule has 2 aliphatic rings. The van der Waals surface area contributed by atoms with Crippen LogP contribution in [-0.2, 0) is 0 Å². The molecule has 2 rings (SSSR count). The van der Waals surface area contributed by atoms with E-state index in [4.69, 9.17) is 0 Å². The van der Waals surface area contributed by atoms with Crippen LogP contribution in [0.4, 0.5) is 0 Å². The van der Waals surface area contributed by atoms with Crippen LogP contribution in [0.15, 0.2) is 0 Å². The first-order valence-electron chi connectivity index (χ1n) is 7.14. The van der Waals surface area contributed by atoms with Gasteiger partial charge < -0.3 is 10.2 Å². The summed E-state index contributed by atoms with van der Waals surface area (Å²) in [5, 5.41) is 3.86. The van der Waals surface area contributed by atoms with Crippen molar-refractivity contribution in [1.29, 1.82) is 0 Å². The van der Waals surface area contributed by atoms with Gasteiger partial charge >= 0.3 is 0 Å². The smallest absolute Gasteiger partial charge is 0.0281 e. The summed E-state index contributed by atoms with van der Waals surface area (Å²) < 4.78 is 0.562. The summed E-state index contributed by atoms with van der Waals surface area (Å²) >= 11 is 2.10. The van der Waals surface area contributed by atoms with Gasteiger partial charge in [-0.05, 0) is 52.5 Å². The Kier molecular flexibility index (Phi) is 4.79. The van der Waals surface area contributed by atoms with E-state index in [2.05, 4.69) is 42.2 Å². The fraction of sp³-hybridized carbons (Fsp3) is 1.00. The number of hydrogen-bond donors (Lipinski definition) is 1. The second-order valence-electron chi connectivity index (χ2n) is 6.03. The third-order valence-corrected chi connectivity index (χ3v) is 6.29. The molecule has 100 valence electrons. The van der Waals surface area contributed by atoms with Gasteiger partial charge in [-0.1, -0.05) is 12.8 Å². The van der Waals surface area contributed by atoms with Gasteiger partial charge in [-0.2, -0.15) is 11.8 Å². The summed E-state index contributed by atoms with van der Waals surface area (Å²) in [5.74, 6) is 0. The zero-order chi connectivity index (χ0) is 12.3. The molecule has 1 saturated heterocycles. The lowest BCUT2D eigenvalue weighted by molar-refractivity contribution is 0.167. The van der Waals surface area contributed by atoms with Crippen molar-refractivity contribution in [3.05, 3.63) is 0 Å². The van der Waals surface area contributed by atoms with Crippen molar-refractivity contribution in [1.82, 2.24) is 10.2 Å². The summed E-state index contributed by atoms with van der Waals surface area (Å²) in [6, 6.07) is 1.50. The van der Waals surface area contributed by atoms with Gasteiger partial charge in [-0.15, -0.1) is 0 Å². The molecular weight excluding hydrogens is 228 g/mol. The second kappa shape index (κ2) is 5.94. The van der Waals surface area contributed by atoms with Crippen LogP contribution in [-0.4, -0.2) is 48.1 Å². The Morgan fingerprint density at radius 2 is 2.06 bits per heavy atom. The van der Waals surface area contributed by atoms with Crippen LogP contribution in [0.3, 0.4) is 0 Å². The van der Waals surface area contributed by atoms with E-state index in [9.17, 15) is 0 Å². The topological polar surface area (TPSA) is 15.3 Å². The Morgan fingerprint density at radius 3 is 2.65 bits per heavy atom. The van der Waals surface area contributed by atoms with Crippen LogP contribution in [0.2, 0.25) is 0 Å². The first-order valence-corrected chi connectivity index (χ1v) is 8.36. The summed E-state index contributed by atoms with van der Waals surface area (Å²) in [7, 11) is 2.25. The molecule has 0 bridgehead atoms.